The zero-order valence-corrected chi connectivity index (χ0v) is 13.9. The van der Waals surface area contributed by atoms with E-state index < -0.39 is 30.3 Å². The quantitative estimate of drug-likeness (QED) is 0.836. The molecule has 1 aromatic rings. The summed E-state index contributed by atoms with van der Waals surface area (Å²) in [4.78, 5) is 37.2. The average molecular weight is 352 g/mol. The number of nitrogens with zero attached hydrogens (tertiary/aromatic N) is 1. The Morgan fingerprint density at radius 2 is 2.21 bits per heavy atom. The molecule has 0 radical (unpaired) electrons. The number of fused-ring (bicyclic) bond motifs is 1. The molecule has 2 atom stereocenters. The number of ether oxygens (including phenoxy) is 1. The molecule has 0 bridgehead atoms. The number of anilines is 1. The van der Waals surface area contributed by atoms with Crippen molar-refractivity contribution in [2.45, 2.75) is 30.7 Å². The molecule has 8 heteroatoms. The van der Waals surface area contributed by atoms with E-state index in [1.54, 1.807) is 22.7 Å². The van der Waals surface area contributed by atoms with E-state index in [4.69, 9.17) is 4.74 Å². The summed E-state index contributed by atoms with van der Waals surface area (Å²) >= 11 is 1.55. The lowest BCUT2D eigenvalue weighted by atomic mass is 10.2. The lowest BCUT2D eigenvalue weighted by Crippen LogP contribution is -2.47. The predicted molar refractivity (Wildman–Crippen MR) is 86.7 cm³/mol. The molecule has 1 N–H and O–H groups in total. The average Bonchev–Trinajstić information content (AvgIpc) is 3.04. The first kappa shape index (κ1) is 16.8. The second-order valence-electron chi connectivity index (χ2n) is 5.90. The Hall–Kier alpha value is -2.09. The zero-order chi connectivity index (χ0) is 17.3. The second-order valence-corrected chi connectivity index (χ2v) is 7.40. The van der Waals surface area contributed by atoms with Crippen LogP contribution in [0.15, 0.2) is 24.3 Å². The summed E-state index contributed by atoms with van der Waals surface area (Å²) in [7, 11) is 0. The number of halogens is 1. The zero-order valence-electron chi connectivity index (χ0n) is 13.1. The molecule has 2 fully saturated rings. The van der Waals surface area contributed by atoms with Crippen LogP contribution < -0.4 is 5.32 Å². The van der Waals surface area contributed by atoms with E-state index in [2.05, 4.69) is 5.32 Å². The van der Waals surface area contributed by atoms with Crippen LogP contribution in [0.2, 0.25) is 0 Å². The Labute approximate surface area is 142 Å². The number of benzene rings is 1. The molecule has 0 aromatic heterocycles. The first-order valence-corrected chi connectivity index (χ1v) is 8.56. The molecule has 128 valence electrons. The fourth-order valence-electron chi connectivity index (χ4n) is 2.98. The number of carbonyl (C=O) groups excluding carboxylic acids is 3. The molecule has 0 aliphatic carbocycles. The smallest absolute Gasteiger partial charge is 0.330 e. The molecule has 2 aliphatic rings. The van der Waals surface area contributed by atoms with Crippen molar-refractivity contribution in [2.75, 3.05) is 17.7 Å². The van der Waals surface area contributed by atoms with Crippen LogP contribution in [0, 0.1) is 5.82 Å². The van der Waals surface area contributed by atoms with Crippen molar-refractivity contribution >= 4 is 35.2 Å². The first-order chi connectivity index (χ1) is 11.4. The first-order valence-electron chi connectivity index (χ1n) is 7.58. The van der Waals surface area contributed by atoms with Gasteiger partial charge >= 0.3 is 5.97 Å². The van der Waals surface area contributed by atoms with Gasteiger partial charge in [0.05, 0.1) is 10.6 Å². The minimum absolute atomic E-state index is 0.0252. The minimum atomic E-state index is -0.670. The van der Waals surface area contributed by atoms with E-state index >= 15 is 0 Å². The van der Waals surface area contributed by atoms with E-state index in [1.807, 2.05) is 6.92 Å². The normalized spacial score (nSPS) is 25.5. The van der Waals surface area contributed by atoms with E-state index in [1.165, 1.54) is 18.2 Å². The van der Waals surface area contributed by atoms with Gasteiger partial charge in [-0.05, 0) is 25.5 Å². The number of hydrogen-bond donors (Lipinski definition) is 1. The lowest BCUT2D eigenvalue weighted by molar-refractivity contribution is -0.155. The maximum absolute atomic E-state index is 13.5. The molecular weight excluding hydrogens is 335 g/mol. The highest BCUT2D eigenvalue weighted by Gasteiger charge is 2.53. The summed E-state index contributed by atoms with van der Waals surface area (Å²) in [6, 6.07) is 5.05. The van der Waals surface area contributed by atoms with Gasteiger partial charge in [0.2, 0.25) is 5.91 Å². The van der Waals surface area contributed by atoms with Crippen molar-refractivity contribution in [1.29, 1.82) is 0 Å². The molecule has 1 aromatic carbocycles. The van der Waals surface area contributed by atoms with E-state index in [0.29, 0.717) is 18.6 Å². The standard InChI is InChI=1S/C16H17FN2O4S/c1-16-7-6-14(21)19(16)12(9-24-16)15(22)23-8-13(20)18-11-5-3-2-4-10(11)17/h2-5,12H,6-9H2,1H3,(H,18,20)/t12-,16-/m0/s1. The van der Waals surface area contributed by atoms with Crippen LogP contribution in [0.25, 0.3) is 0 Å². The Kier molecular flexibility index (Phi) is 4.49. The summed E-state index contributed by atoms with van der Waals surface area (Å²) in [5, 5.41) is 2.34. The van der Waals surface area contributed by atoms with E-state index in [-0.39, 0.29) is 16.5 Å². The molecule has 2 heterocycles. The lowest BCUT2D eigenvalue weighted by Gasteiger charge is -2.29. The Morgan fingerprint density at radius 1 is 1.46 bits per heavy atom. The van der Waals surface area contributed by atoms with Crippen molar-refractivity contribution in [3.63, 3.8) is 0 Å². The summed E-state index contributed by atoms with van der Waals surface area (Å²) in [6.45, 7) is 1.41. The Balaban J connectivity index is 1.55. The van der Waals surface area contributed by atoms with Crippen LogP contribution in [-0.4, -0.2) is 46.0 Å². The highest BCUT2D eigenvalue weighted by Crippen LogP contribution is 2.47. The molecule has 3 rings (SSSR count). The number of carbonyl (C=O) groups is 3. The molecule has 2 aliphatic heterocycles. The van der Waals surface area contributed by atoms with Gasteiger partial charge in [-0.25, -0.2) is 9.18 Å². The molecule has 6 nitrogen and oxygen atoms in total. The van der Waals surface area contributed by atoms with Crippen LogP contribution in [-0.2, 0) is 19.1 Å². The van der Waals surface area contributed by atoms with Crippen molar-refractivity contribution in [3.05, 3.63) is 30.1 Å². The van der Waals surface area contributed by atoms with Gasteiger partial charge in [-0.15, -0.1) is 11.8 Å². The summed E-state index contributed by atoms with van der Waals surface area (Å²) in [5.41, 5.74) is 0.0252. The van der Waals surface area contributed by atoms with Crippen molar-refractivity contribution in [3.8, 4) is 0 Å². The summed E-state index contributed by atoms with van der Waals surface area (Å²) < 4.78 is 18.5. The Bertz CT molecular complexity index is 698. The third kappa shape index (κ3) is 3.10. The van der Waals surface area contributed by atoms with Crippen LogP contribution in [0.4, 0.5) is 10.1 Å². The van der Waals surface area contributed by atoms with Crippen LogP contribution in [0.3, 0.4) is 0 Å². The molecule has 2 saturated heterocycles. The third-order valence-corrected chi connectivity index (χ3v) is 5.72. The second kappa shape index (κ2) is 6.43. The Morgan fingerprint density at radius 3 is 2.96 bits per heavy atom. The number of nitrogens with one attached hydrogen (secondary N) is 1. The van der Waals surface area contributed by atoms with Crippen LogP contribution in [0.1, 0.15) is 19.8 Å². The van der Waals surface area contributed by atoms with Gasteiger partial charge in [0, 0.05) is 12.2 Å². The number of amides is 2. The molecule has 0 spiro atoms. The minimum Gasteiger partial charge on any atom is -0.454 e. The highest BCUT2D eigenvalue weighted by molar-refractivity contribution is 8.01. The third-order valence-electron chi connectivity index (χ3n) is 4.21. The number of thioether (sulfide) groups is 1. The van der Waals surface area contributed by atoms with Crippen LogP contribution >= 0.6 is 11.8 Å². The number of rotatable bonds is 4. The van der Waals surface area contributed by atoms with Crippen molar-refractivity contribution < 1.29 is 23.5 Å². The number of hydrogen-bond acceptors (Lipinski definition) is 5. The number of esters is 1. The maximum Gasteiger partial charge on any atom is 0.330 e. The molecule has 2 amide bonds. The molecule has 0 saturated carbocycles. The number of para-hydroxylation sites is 1. The van der Waals surface area contributed by atoms with Gasteiger partial charge in [-0.3, -0.25) is 9.59 Å². The van der Waals surface area contributed by atoms with Crippen LogP contribution in [0.5, 0.6) is 0 Å². The largest absolute Gasteiger partial charge is 0.454 e. The molecular formula is C16H17FN2O4S. The van der Waals surface area contributed by atoms with Gasteiger partial charge < -0.3 is 15.0 Å². The van der Waals surface area contributed by atoms with Gasteiger partial charge in [-0.1, -0.05) is 12.1 Å². The molecule has 24 heavy (non-hydrogen) atoms. The van der Waals surface area contributed by atoms with Crippen molar-refractivity contribution in [1.82, 2.24) is 4.90 Å². The molecule has 0 unspecified atom stereocenters. The van der Waals surface area contributed by atoms with E-state index in [9.17, 15) is 18.8 Å². The monoisotopic (exact) mass is 352 g/mol. The fraction of sp³-hybridized carbons (Fsp3) is 0.438. The van der Waals surface area contributed by atoms with Gasteiger partial charge in [0.1, 0.15) is 11.9 Å². The predicted octanol–water partition coefficient (Wildman–Crippen LogP) is 1.76. The SMILES string of the molecule is C[C@]12CCC(=O)N1[C@H](C(=O)OCC(=O)Nc1ccccc1F)CS2. The highest BCUT2D eigenvalue weighted by atomic mass is 32.2. The maximum atomic E-state index is 13.5. The summed E-state index contributed by atoms with van der Waals surface area (Å²) in [6.07, 6.45) is 1.12. The topological polar surface area (TPSA) is 75.7 Å². The van der Waals surface area contributed by atoms with Gasteiger partial charge in [0.15, 0.2) is 6.61 Å². The van der Waals surface area contributed by atoms with Gasteiger partial charge in [-0.2, -0.15) is 0 Å². The van der Waals surface area contributed by atoms with E-state index in [0.717, 1.165) is 0 Å². The van der Waals surface area contributed by atoms with Crippen molar-refractivity contribution in [2.24, 2.45) is 0 Å². The fourth-order valence-corrected chi connectivity index (χ4v) is 4.39. The van der Waals surface area contributed by atoms with Gasteiger partial charge in [0.25, 0.3) is 5.91 Å². The summed E-state index contributed by atoms with van der Waals surface area (Å²) in [5.74, 6) is -1.42.